The Labute approximate surface area is 189 Å². The molecule has 1 heterocycles. The van der Waals surface area contributed by atoms with Crippen LogP contribution in [0.2, 0.25) is 10.0 Å². The summed E-state index contributed by atoms with van der Waals surface area (Å²) in [4.78, 5) is 1.12. The number of nitrogens with zero attached hydrogens (tertiary/aromatic N) is 1. The molecule has 0 saturated carbocycles. The van der Waals surface area contributed by atoms with Gasteiger partial charge in [0.05, 0.1) is 16.1 Å². The number of hydrogen-bond donors (Lipinski definition) is 1. The summed E-state index contributed by atoms with van der Waals surface area (Å²) in [5, 5.41) is -0.553. The van der Waals surface area contributed by atoms with E-state index < -0.39 is 37.9 Å². The molecule has 31 heavy (non-hydrogen) atoms. The average molecular weight is 515 g/mol. The molecule has 13 heteroatoms. The molecule has 0 amide bonds. The number of rotatable bonds is 7. The van der Waals surface area contributed by atoms with Crippen molar-refractivity contribution in [1.82, 2.24) is 9.62 Å². The Morgan fingerprint density at radius 2 is 1.58 bits per heavy atom. The highest BCUT2D eigenvalue weighted by atomic mass is 35.5. The second-order valence-corrected chi connectivity index (χ2v) is 11.1. The zero-order valence-electron chi connectivity index (χ0n) is 16.1. The van der Waals surface area contributed by atoms with Gasteiger partial charge in [-0.3, -0.25) is 9.08 Å². The van der Waals surface area contributed by atoms with Crippen LogP contribution in [-0.2, 0) is 24.3 Å². The number of likely N-dealkylation sites (N-methyl/N-ethyl adjacent to an activating group) is 1. The molecule has 1 aliphatic rings. The number of halogens is 4. The first kappa shape index (κ1) is 24.3. The van der Waals surface area contributed by atoms with Gasteiger partial charge in [-0.25, -0.2) is 21.9 Å². The highest BCUT2D eigenvalue weighted by Gasteiger charge is 2.35. The summed E-state index contributed by atoms with van der Waals surface area (Å²) in [5.74, 6) is -1.35. The molecular formula is C18H18Cl2F2N2O5S2. The van der Waals surface area contributed by atoms with Crippen molar-refractivity contribution in [3.63, 3.8) is 0 Å². The van der Waals surface area contributed by atoms with E-state index in [-0.39, 0.29) is 45.4 Å². The Morgan fingerprint density at radius 3 is 2.13 bits per heavy atom. The van der Waals surface area contributed by atoms with Crippen LogP contribution in [0.5, 0.6) is 0 Å². The summed E-state index contributed by atoms with van der Waals surface area (Å²) < 4.78 is 83.9. The lowest BCUT2D eigenvalue weighted by Gasteiger charge is -2.19. The second kappa shape index (κ2) is 9.26. The van der Waals surface area contributed by atoms with Crippen molar-refractivity contribution in [1.29, 1.82) is 0 Å². The van der Waals surface area contributed by atoms with Crippen LogP contribution in [0.4, 0.5) is 8.78 Å². The van der Waals surface area contributed by atoms with Gasteiger partial charge in [-0.05, 0) is 49.9 Å². The predicted molar refractivity (Wildman–Crippen MR) is 111 cm³/mol. The fourth-order valence-corrected chi connectivity index (χ4v) is 6.41. The van der Waals surface area contributed by atoms with E-state index in [0.717, 1.165) is 36.4 Å². The Morgan fingerprint density at radius 1 is 1.03 bits per heavy atom. The molecule has 2 aromatic carbocycles. The Balaban J connectivity index is 1.65. The first-order chi connectivity index (χ1) is 14.4. The highest BCUT2D eigenvalue weighted by molar-refractivity contribution is 7.89. The van der Waals surface area contributed by atoms with E-state index in [9.17, 15) is 25.6 Å². The third-order valence-electron chi connectivity index (χ3n) is 4.77. The van der Waals surface area contributed by atoms with Crippen molar-refractivity contribution >= 4 is 43.3 Å². The molecule has 1 N–H and O–H groups in total. The van der Waals surface area contributed by atoms with Gasteiger partial charge in [-0.15, -0.1) is 0 Å². The molecule has 2 aromatic rings. The minimum atomic E-state index is -4.25. The van der Waals surface area contributed by atoms with Gasteiger partial charge < -0.3 is 0 Å². The summed E-state index contributed by atoms with van der Waals surface area (Å²) in [6, 6.07) is 5.41. The summed E-state index contributed by atoms with van der Waals surface area (Å²) in [7, 11) is -6.58. The lowest BCUT2D eigenvalue weighted by Crippen LogP contribution is -2.38. The largest absolute Gasteiger partial charge is 0.299 e. The van der Waals surface area contributed by atoms with Crippen molar-refractivity contribution in [2.24, 2.45) is 0 Å². The highest BCUT2D eigenvalue weighted by Crippen LogP contribution is 2.28. The maximum atomic E-state index is 13.2. The molecule has 1 saturated heterocycles. The van der Waals surface area contributed by atoms with Crippen LogP contribution < -0.4 is 4.72 Å². The van der Waals surface area contributed by atoms with Crippen molar-refractivity contribution in [2.45, 2.75) is 28.4 Å². The van der Waals surface area contributed by atoms with Crippen LogP contribution in [0, 0.1) is 11.6 Å². The van der Waals surface area contributed by atoms with Crippen molar-refractivity contribution in [3.05, 3.63) is 58.1 Å². The van der Waals surface area contributed by atoms with E-state index >= 15 is 0 Å². The van der Waals surface area contributed by atoms with Gasteiger partial charge in [0.25, 0.3) is 10.1 Å². The molecule has 7 nitrogen and oxygen atoms in total. The molecule has 0 aromatic heterocycles. The summed E-state index contributed by atoms with van der Waals surface area (Å²) in [6.45, 7) is 0.158. The predicted octanol–water partition coefficient (Wildman–Crippen LogP) is 3.03. The Bertz CT molecular complexity index is 1200. The summed E-state index contributed by atoms with van der Waals surface area (Å²) >= 11 is 11.6. The smallest absolute Gasteiger partial charge is 0.298 e. The summed E-state index contributed by atoms with van der Waals surface area (Å²) in [5.41, 5.74) is 0. The molecule has 0 unspecified atom stereocenters. The van der Waals surface area contributed by atoms with Crippen LogP contribution in [-0.4, -0.2) is 54.0 Å². The quantitative estimate of drug-likeness (QED) is 0.570. The summed E-state index contributed by atoms with van der Waals surface area (Å²) in [6.07, 6.45) is -0.561. The molecule has 2 atom stereocenters. The lowest BCUT2D eigenvalue weighted by molar-refractivity contribution is 0.215. The molecule has 0 aliphatic carbocycles. The maximum Gasteiger partial charge on any atom is 0.298 e. The molecule has 1 fully saturated rings. The zero-order valence-corrected chi connectivity index (χ0v) is 19.2. The molecule has 170 valence electrons. The SMILES string of the molecule is CN1C[C@H](OS(=O)(=O)c2ccc(F)cc2Cl)C[C@H]1CNS(=O)(=O)c1ccc(F)cc1Cl. The maximum absolute atomic E-state index is 13.2. The van der Waals surface area contributed by atoms with Gasteiger partial charge >= 0.3 is 0 Å². The average Bonchev–Trinajstić information content (AvgIpc) is 2.97. The van der Waals surface area contributed by atoms with E-state index in [1.165, 1.54) is 0 Å². The van der Waals surface area contributed by atoms with E-state index in [2.05, 4.69) is 4.72 Å². The fraction of sp³-hybridized carbons (Fsp3) is 0.333. The molecule has 0 spiro atoms. The van der Waals surface area contributed by atoms with Crippen LogP contribution in [0.25, 0.3) is 0 Å². The molecule has 0 bridgehead atoms. The number of sulfonamides is 1. The standard InChI is InChI=1S/C18H18Cl2F2N2O5S2/c1-24-10-14(29-31(27,28)18-5-3-12(22)7-16(18)20)8-13(24)9-23-30(25,26)17-4-2-11(21)6-15(17)19/h2-7,13-14,23H,8-10H2,1H3/t13-,14+/m0/s1. The van der Waals surface area contributed by atoms with Gasteiger partial charge in [0.1, 0.15) is 21.4 Å². The third-order valence-corrected chi connectivity index (χ3v) is 8.52. The van der Waals surface area contributed by atoms with Crippen molar-refractivity contribution in [3.8, 4) is 0 Å². The molecule has 1 aliphatic heterocycles. The molecule has 3 rings (SSSR count). The van der Waals surface area contributed by atoms with Gasteiger partial charge in [-0.2, -0.15) is 8.42 Å². The van der Waals surface area contributed by atoms with E-state index in [4.69, 9.17) is 27.4 Å². The Hall–Kier alpha value is -1.34. The van der Waals surface area contributed by atoms with Gasteiger partial charge in [0.15, 0.2) is 0 Å². The van der Waals surface area contributed by atoms with Crippen LogP contribution in [0.3, 0.4) is 0 Å². The minimum Gasteiger partial charge on any atom is -0.299 e. The van der Waals surface area contributed by atoms with Crippen LogP contribution in [0.15, 0.2) is 46.2 Å². The fourth-order valence-electron chi connectivity index (χ4n) is 3.22. The van der Waals surface area contributed by atoms with E-state index in [1.54, 1.807) is 11.9 Å². The van der Waals surface area contributed by atoms with Crippen LogP contribution in [0.1, 0.15) is 6.42 Å². The van der Waals surface area contributed by atoms with Crippen molar-refractivity contribution < 1.29 is 29.8 Å². The topological polar surface area (TPSA) is 92.8 Å². The first-order valence-corrected chi connectivity index (χ1v) is 12.6. The van der Waals surface area contributed by atoms with Gasteiger partial charge in [0, 0.05) is 19.1 Å². The lowest BCUT2D eigenvalue weighted by atomic mass is 10.2. The number of likely N-dealkylation sites (tertiary alicyclic amines) is 1. The normalized spacial score (nSPS) is 20.3. The monoisotopic (exact) mass is 514 g/mol. The second-order valence-electron chi connectivity index (χ2n) is 7.00. The van der Waals surface area contributed by atoms with Gasteiger partial charge in [-0.1, -0.05) is 23.2 Å². The Kier molecular flexibility index (Phi) is 7.26. The van der Waals surface area contributed by atoms with Crippen LogP contribution >= 0.6 is 23.2 Å². The molecular weight excluding hydrogens is 497 g/mol. The molecule has 0 radical (unpaired) electrons. The first-order valence-electron chi connectivity index (χ1n) is 8.92. The number of nitrogens with one attached hydrogen (secondary N) is 1. The van der Waals surface area contributed by atoms with E-state index in [0.29, 0.717) is 0 Å². The number of hydrogen-bond acceptors (Lipinski definition) is 6. The zero-order chi connectivity index (χ0) is 23.0. The van der Waals surface area contributed by atoms with E-state index in [1.807, 2.05) is 0 Å². The van der Waals surface area contributed by atoms with Crippen molar-refractivity contribution in [2.75, 3.05) is 20.1 Å². The minimum absolute atomic E-state index is 0.0518. The third kappa shape index (κ3) is 5.72. The number of benzene rings is 2. The van der Waals surface area contributed by atoms with Gasteiger partial charge in [0.2, 0.25) is 10.0 Å².